The predicted octanol–water partition coefficient (Wildman–Crippen LogP) is 0.984. The third kappa shape index (κ3) is 1.30. The van der Waals surface area contributed by atoms with Crippen molar-refractivity contribution in [2.24, 2.45) is 7.05 Å². The van der Waals surface area contributed by atoms with E-state index in [1.807, 2.05) is 26.8 Å². The minimum absolute atomic E-state index is 0.0800. The topological polar surface area (TPSA) is 54.5 Å². The number of nitrogens with zero attached hydrogens (tertiary/aromatic N) is 4. The molecule has 0 amide bonds. The Morgan fingerprint density at radius 3 is 2.33 bits per heavy atom. The van der Waals surface area contributed by atoms with Crippen LogP contribution in [0.4, 0.5) is 0 Å². The van der Waals surface area contributed by atoms with E-state index < -0.39 is 0 Å². The van der Waals surface area contributed by atoms with Crippen LogP contribution in [0.15, 0.2) is 0 Å². The molecule has 0 bridgehead atoms. The zero-order valence-electron chi connectivity index (χ0n) is 7.79. The maximum absolute atomic E-state index is 8.73. The maximum Gasteiger partial charge on any atom is 0.186 e. The van der Waals surface area contributed by atoms with Gasteiger partial charge in [0.1, 0.15) is 6.07 Å². The van der Waals surface area contributed by atoms with E-state index in [1.165, 1.54) is 0 Å². The van der Waals surface area contributed by atoms with E-state index in [2.05, 4.69) is 10.3 Å². The zero-order chi connectivity index (χ0) is 9.35. The van der Waals surface area contributed by atoms with Crippen molar-refractivity contribution >= 4 is 0 Å². The van der Waals surface area contributed by atoms with E-state index in [0.29, 0.717) is 5.69 Å². The Morgan fingerprint density at radius 1 is 1.42 bits per heavy atom. The van der Waals surface area contributed by atoms with Crippen LogP contribution >= 0.6 is 0 Å². The normalized spacial score (nSPS) is 11.2. The highest BCUT2D eigenvalue weighted by Crippen LogP contribution is 2.22. The molecule has 0 saturated heterocycles. The Labute approximate surface area is 71.8 Å². The highest BCUT2D eigenvalue weighted by Gasteiger charge is 2.23. The van der Waals surface area contributed by atoms with E-state index in [9.17, 15) is 0 Å². The molecule has 1 aromatic rings. The lowest BCUT2D eigenvalue weighted by Gasteiger charge is -2.17. The Morgan fingerprint density at radius 2 is 2.00 bits per heavy atom. The van der Waals surface area contributed by atoms with Crippen molar-refractivity contribution in [3.05, 3.63) is 11.4 Å². The van der Waals surface area contributed by atoms with Crippen molar-refractivity contribution in [1.29, 1.82) is 5.26 Å². The van der Waals surface area contributed by atoms with Crippen LogP contribution in [-0.4, -0.2) is 15.0 Å². The van der Waals surface area contributed by atoms with Crippen LogP contribution < -0.4 is 0 Å². The summed E-state index contributed by atoms with van der Waals surface area (Å²) < 4.78 is 1.65. The van der Waals surface area contributed by atoms with Gasteiger partial charge in [-0.25, -0.2) is 0 Å². The van der Waals surface area contributed by atoms with Crippen LogP contribution in [0.2, 0.25) is 0 Å². The van der Waals surface area contributed by atoms with Crippen molar-refractivity contribution in [3.63, 3.8) is 0 Å². The highest BCUT2D eigenvalue weighted by molar-refractivity contribution is 5.29. The zero-order valence-corrected chi connectivity index (χ0v) is 7.79. The van der Waals surface area contributed by atoms with E-state index in [-0.39, 0.29) is 5.41 Å². The summed E-state index contributed by atoms with van der Waals surface area (Å²) in [5.41, 5.74) is 1.22. The van der Waals surface area contributed by atoms with Gasteiger partial charge in [0.05, 0.1) is 5.69 Å². The molecule has 0 aliphatic rings. The van der Waals surface area contributed by atoms with Crippen molar-refractivity contribution < 1.29 is 0 Å². The number of aryl methyl sites for hydroxylation is 1. The molecule has 64 valence electrons. The molecule has 1 heterocycles. The molecule has 0 aliphatic heterocycles. The van der Waals surface area contributed by atoms with Crippen LogP contribution in [0.25, 0.3) is 0 Å². The van der Waals surface area contributed by atoms with Gasteiger partial charge in [0, 0.05) is 12.5 Å². The first-order chi connectivity index (χ1) is 5.46. The molecule has 0 radical (unpaired) electrons. The Hall–Kier alpha value is -1.37. The summed E-state index contributed by atoms with van der Waals surface area (Å²) in [6.45, 7) is 6.10. The fourth-order valence-electron chi connectivity index (χ4n) is 1.27. The molecule has 12 heavy (non-hydrogen) atoms. The van der Waals surface area contributed by atoms with Gasteiger partial charge in [-0.15, -0.1) is 5.10 Å². The van der Waals surface area contributed by atoms with Gasteiger partial charge in [0.15, 0.2) is 5.69 Å². The molecule has 0 fully saturated rings. The molecule has 0 N–H and O–H groups in total. The van der Waals surface area contributed by atoms with Crippen LogP contribution in [0, 0.1) is 11.3 Å². The fraction of sp³-hybridized carbons (Fsp3) is 0.625. The molecule has 0 saturated carbocycles. The number of rotatable bonds is 0. The summed E-state index contributed by atoms with van der Waals surface area (Å²) >= 11 is 0. The molecule has 1 rings (SSSR count). The Kier molecular flexibility index (Phi) is 1.89. The predicted molar refractivity (Wildman–Crippen MR) is 44.4 cm³/mol. The average Bonchev–Trinajstić information content (AvgIpc) is 2.29. The minimum Gasteiger partial charge on any atom is -0.251 e. The molecule has 4 nitrogen and oxygen atoms in total. The van der Waals surface area contributed by atoms with Crippen LogP contribution in [0.1, 0.15) is 32.2 Å². The quantitative estimate of drug-likeness (QED) is 0.574. The first kappa shape index (κ1) is 8.72. The second-order valence-electron chi connectivity index (χ2n) is 3.77. The van der Waals surface area contributed by atoms with Gasteiger partial charge in [-0.3, -0.25) is 4.68 Å². The lowest BCUT2D eigenvalue weighted by Crippen LogP contribution is -2.17. The smallest absolute Gasteiger partial charge is 0.186 e. The third-order valence-electron chi connectivity index (χ3n) is 1.64. The molecular formula is C8H12N4. The summed E-state index contributed by atoms with van der Waals surface area (Å²) in [6, 6.07) is 2.03. The average molecular weight is 164 g/mol. The molecule has 0 atom stereocenters. The minimum atomic E-state index is -0.0800. The van der Waals surface area contributed by atoms with Gasteiger partial charge < -0.3 is 0 Å². The second-order valence-corrected chi connectivity index (χ2v) is 3.77. The van der Waals surface area contributed by atoms with Crippen LogP contribution in [0.5, 0.6) is 0 Å². The van der Waals surface area contributed by atoms with E-state index in [1.54, 1.807) is 11.7 Å². The lowest BCUT2D eigenvalue weighted by atomic mass is 9.91. The largest absolute Gasteiger partial charge is 0.251 e. The number of aromatic nitrogens is 3. The molecule has 1 aromatic heterocycles. The highest BCUT2D eigenvalue weighted by atomic mass is 15.4. The summed E-state index contributed by atoms with van der Waals surface area (Å²) in [4.78, 5) is 0. The van der Waals surface area contributed by atoms with Crippen LogP contribution in [0.3, 0.4) is 0 Å². The SMILES string of the molecule is Cn1nnc(C#N)c1C(C)(C)C. The summed E-state index contributed by atoms with van der Waals surface area (Å²) in [6.07, 6.45) is 0. The van der Waals surface area contributed by atoms with Crippen molar-refractivity contribution in [1.82, 2.24) is 15.0 Å². The summed E-state index contributed by atoms with van der Waals surface area (Å²) in [5.74, 6) is 0. The monoisotopic (exact) mass is 164 g/mol. The number of hydrogen-bond acceptors (Lipinski definition) is 3. The van der Waals surface area contributed by atoms with Gasteiger partial charge in [0.25, 0.3) is 0 Å². The summed E-state index contributed by atoms with van der Waals surface area (Å²) in [7, 11) is 1.80. The second kappa shape index (κ2) is 2.59. The standard InChI is InChI=1S/C8H12N4/c1-8(2,3)7-6(5-9)10-11-12(7)4/h1-4H3. The van der Waals surface area contributed by atoms with Crippen molar-refractivity contribution in [3.8, 4) is 6.07 Å². The first-order valence-corrected chi connectivity index (χ1v) is 3.77. The Balaban J connectivity index is 3.32. The fourth-order valence-corrected chi connectivity index (χ4v) is 1.27. The Bertz CT molecular complexity index is 324. The number of hydrogen-bond donors (Lipinski definition) is 0. The van der Waals surface area contributed by atoms with E-state index in [0.717, 1.165) is 5.69 Å². The van der Waals surface area contributed by atoms with Crippen molar-refractivity contribution in [2.45, 2.75) is 26.2 Å². The van der Waals surface area contributed by atoms with Crippen LogP contribution in [-0.2, 0) is 12.5 Å². The summed E-state index contributed by atoms with van der Waals surface area (Å²) in [5, 5.41) is 16.3. The van der Waals surface area contributed by atoms with Gasteiger partial charge >= 0.3 is 0 Å². The van der Waals surface area contributed by atoms with E-state index in [4.69, 9.17) is 5.26 Å². The molecule has 4 heteroatoms. The molecule has 0 unspecified atom stereocenters. The molecule has 0 aliphatic carbocycles. The molecular weight excluding hydrogens is 152 g/mol. The van der Waals surface area contributed by atoms with Gasteiger partial charge in [-0.2, -0.15) is 5.26 Å². The lowest BCUT2D eigenvalue weighted by molar-refractivity contribution is 0.519. The van der Waals surface area contributed by atoms with E-state index >= 15 is 0 Å². The maximum atomic E-state index is 8.73. The number of nitriles is 1. The third-order valence-corrected chi connectivity index (χ3v) is 1.64. The van der Waals surface area contributed by atoms with Gasteiger partial charge in [0.2, 0.25) is 0 Å². The molecule has 0 aromatic carbocycles. The van der Waals surface area contributed by atoms with Gasteiger partial charge in [-0.1, -0.05) is 26.0 Å². The molecule has 0 spiro atoms. The first-order valence-electron chi connectivity index (χ1n) is 3.77. The van der Waals surface area contributed by atoms with Gasteiger partial charge in [-0.05, 0) is 0 Å². The van der Waals surface area contributed by atoms with Crippen molar-refractivity contribution in [2.75, 3.05) is 0 Å².